The maximum atomic E-state index is 12.2. The molecule has 1 aliphatic heterocycles. The number of benzene rings is 1. The first-order chi connectivity index (χ1) is 10.1. The van der Waals surface area contributed by atoms with Gasteiger partial charge in [-0.25, -0.2) is 0 Å². The van der Waals surface area contributed by atoms with Crippen molar-refractivity contribution in [1.29, 1.82) is 0 Å². The maximum Gasteiger partial charge on any atom is 0.271 e. The number of carbonyl (C=O) groups excluding carboxylic acids is 1. The van der Waals surface area contributed by atoms with Crippen LogP contribution in [0.15, 0.2) is 30.5 Å². The minimum absolute atomic E-state index is 0.0150. The average Bonchev–Trinajstić information content (AvgIpc) is 3.01. The largest absolute Gasteiger partial charge is 0.399 e. The Morgan fingerprint density at radius 2 is 2.00 bits per heavy atom. The van der Waals surface area contributed by atoms with E-state index >= 15 is 0 Å². The van der Waals surface area contributed by atoms with Gasteiger partial charge in [-0.1, -0.05) is 0 Å². The van der Waals surface area contributed by atoms with Crippen molar-refractivity contribution < 1.29 is 4.79 Å². The molecule has 6 nitrogen and oxygen atoms in total. The van der Waals surface area contributed by atoms with E-state index in [9.17, 15) is 4.79 Å². The second-order valence-electron chi connectivity index (χ2n) is 5.30. The first kappa shape index (κ1) is 13.5. The van der Waals surface area contributed by atoms with Crippen LogP contribution in [0.2, 0.25) is 0 Å². The van der Waals surface area contributed by atoms with Crippen molar-refractivity contribution in [3.05, 3.63) is 41.7 Å². The molecule has 0 aliphatic carbocycles. The lowest BCUT2D eigenvalue weighted by Gasteiger charge is -2.36. The molecule has 110 valence electrons. The number of amides is 1. The number of hydrogen-bond acceptors (Lipinski definition) is 4. The Bertz CT molecular complexity index is 630. The molecular weight excluding hydrogens is 266 g/mol. The highest BCUT2D eigenvalue weighted by Crippen LogP contribution is 2.23. The number of aromatic nitrogens is 2. The molecule has 0 saturated carbocycles. The van der Waals surface area contributed by atoms with Crippen molar-refractivity contribution in [1.82, 2.24) is 15.1 Å². The van der Waals surface area contributed by atoms with Gasteiger partial charge in [0.05, 0.1) is 0 Å². The SMILES string of the molecule is Cc1cc(N)ccc1N1CCN(C(=O)c2ccn[nH]2)CC1. The van der Waals surface area contributed by atoms with Gasteiger partial charge in [0.15, 0.2) is 0 Å². The minimum Gasteiger partial charge on any atom is -0.399 e. The third-order valence-electron chi connectivity index (χ3n) is 3.86. The fourth-order valence-electron chi connectivity index (χ4n) is 2.73. The van der Waals surface area contributed by atoms with Crippen LogP contribution >= 0.6 is 0 Å². The predicted octanol–water partition coefficient (Wildman–Crippen LogP) is 1.26. The lowest BCUT2D eigenvalue weighted by atomic mass is 10.1. The van der Waals surface area contributed by atoms with Gasteiger partial charge in [0.1, 0.15) is 5.69 Å². The topological polar surface area (TPSA) is 78.2 Å². The van der Waals surface area contributed by atoms with Crippen molar-refractivity contribution in [2.24, 2.45) is 0 Å². The van der Waals surface area contributed by atoms with Gasteiger partial charge in [-0.3, -0.25) is 9.89 Å². The number of nitrogens with zero attached hydrogens (tertiary/aromatic N) is 3. The highest BCUT2D eigenvalue weighted by Gasteiger charge is 2.23. The van der Waals surface area contributed by atoms with E-state index in [0.29, 0.717) is 18.8 Å². The second-order valence-corrected chi connectivity index (χ2v) is 5.30. The van der Waals surface area contributed by atoms with Crippen LogP contribution in [0.3, 0.4) is 0 Å². The van der Waals surface area contributed by atoms with Crippen LogP contribution in [0.4, 0.5) is 11.4 Å². The Balaban J connectivity index is 1.66. The van der Waals surface area contributed by atoms with Crippen LogP contribution < -0.4 is 10.6 Å². The van der Waals surface area contributed by atoms with Crippen molar-refractivity contribution >= 4 is 17.3 Å². The van der Waals surface area contributed by atoms with E-state index in [-0.39, 0.29) is 5.91 Å². The van der Waals surface area contributed by atoms with Crippen LogP contribution in [-0.4, -0.2) is 47.2 Å². The molecule has 0 unspecified atom stereocenters. The Labute approximate surface area is 123 Å². The molecule has 0 radical (unpaired) electrons. The number of aryl methyl sites for hydroxylation is 1. The molecule has 1 fully saturated rings. The normalized spacial score (nSPS) is 15.3. The number of H-pyrrole nitrogens is 1. The lowest BCUT2D eigenvalue weighted by Crippen LogP contribution is -2.49. The second kappa shape index (κ2) is 5.47. The summed E-state index contributed by atoms with van der Waals surface area (Å²) in [6, 6.07) is 7.66. The van der Waals surface area contributed by atoms with E-state index in [0.717, 1.165) is 18.8 Å². The van der Waals surface area contributed by atoms with E-state index in [4.69, 9.17) is 5.73 Å². The summed E-state index contributed by atoms with van der Waals surface area (Å²) in [5.74, 6) is 0.0150. The van der Waals surface area contributed by atoms with Crippen LogP contribution in [0.5, 0.6) is 0 Å². The van der Waals surface area contributed by atoms with Crippen molar-refractivity contribution in [3.63, 3.8) is 0 Å². The van der Waals surface area contributed by atoms with Crippen LogP contribution in [0, 0.1) is 6.92 Å². The lowest BCUT2D eigenvalue weighted by molar-refractivity contribution is 0.0741. The Morgan fingerprint density at radius 3 is 2.62 bits per heavy atom. The first-order valence-electron chi connectivity index (χ1n) is 7.05. The quantitative estimate of drug-likeness (QED) is 0.814. The van der Waals surface area contributed by atoms with E-state index in [1.54, 1.807) is 12.3 Å². The van der Waals surface area contributed by atoms with Gasteiger partial charge in [-0.2, -0.15) is 5.10 Å². The molecule has 1 aromatic heterocycles. The van der Waals surface area contributed by atoms with E-state index < -0.39 is 0 Å². The molecule has 0 bridgehead atoms. The molecule has 6 heteroatoms. The Morgan fingerprint density at radius 1 is 1.24 bits per heavy atom. The molecule has 1 aliphatic rings. The van der Waals surface area contributed by atoms with Crippen molar-refractivity contribution in [2.45, 2.75) is 6.92 Å². The zero-order valence-corrected chi connectivity index (χ0v) is 12.0. The monoisotopic (exact) mass is 285 g/mol. The average molecular weight is 285 g/mol. The van der Waals surface area contributed by atoms with Gasteiger partial charge < -0.3 is 15.5 Å². The smallest absolute Gasteiger partial charge is 0.271 e. The highest BCUT2D eigenvalue weighted by atomic mass is 16.2. The van der Waals surface area contributed by atoms with E-state index in [1.165, 1.54) is 11.3 Å². The summed E-state index contributed by atoms with van der Waals surface area (Å²) in [5.41, 5.74) is 9.48. The summed E-state index contributed by atoms with van der Waals surface area (Å²) < 4.78 is 0. The highest BCUT2D eigenvalue weighted by molar-refractivity contribution is 5.92. The van der Waals surface area contributed by atoms with Gasteiger partial charge in [-0.05, 0) is 36.8 Å². The summed E-state index contributed by atoms with van der Waals surface area (Å²) in [6.45, 7) is 5.13. The summed E-state index contributed by atoms with van der Waals surface area (Å²) in [7, 11) is 0. The Kier molecular flexibility index (Phi) is 3.51. The van der Waals surface area contributed by atoms with Gasteiger partial charge in [0.25, 0.3) is 5.91 Å². The third kappa shape index (κ3) is 2.69. The fourth-order valence-corrected chi connectivity index (χ4v) is 2.73. The number of aromatic amines is 1. The van der Waals surface area contributed by atoms with Crippen LogP contribution in [0.1, 0.15) is 16.1 Å². The maximum absolute atomic E-state index is 12.2. The summed E-state index contributed by atoms with van der Waals surface area (Å²) >= 11 is 0. The van der Waals surface area contributed by atoms with Crippen molar-refractivity contribution in [2.75, 3.05) is 36.8 Å². The van der Waals surface area contributed by atoms with Gasteiger partial charge in [0, 0.05) is 43.8 Å². The number of piperazine rings is 1. The summed E-state index contributed by atoms with van der Waals surface area (Å²) in [4.78, 5) is 16.4. The molecule has 1 saturated heterocycles. The van der Waals surface area contributed by atoms with Crippen LogP contribution in [-0.2, 0) is 0 Å². The predicted molar refractivity (Wildman–Crippen MR) is 82.3 cm³/mol. The number of anilines is 2. The number of nitrogens with two attached hydrogens (primary N) is 1. The van der Waals surface area contributed by atoms with Crippen LogP contribution in [0.25, 0.3) is 0 Å². The van der Waals surface area contributed by atoms with Gasteiger partial charge in [-0.15, -0.1) is 0 Å². The third-order valence-corrected chi connectivity index (χ3v) is 3.86. The molecule has 3 N–H and O–H groups in total. The zero-order chi connectivity index (χ0) is 14.8. The summed E-state index contributed by atoms with van der Waals surface area (Å²) in [5, 5.41) is 6.55. The molecule has 21 heavy (non-hydrogen) atoms. The van der Waals surface area contributed by atoms with E-state index in [2.05, 4.69) is 28.1 Å². The number of nitrogen functional groups attached to an aromatic ring is 1. The standard InChI is InChI=1S/C15H19N5O/c1-11-10-12(16)2-3-14(11)19-6-8-20(9-7-19)15(21)13-4-5-17-18-13/h2-5,10H,6-9,16H2,1H3,(H,17,18). The van der Waals surface area contributed by atoms with Crippen molar-refractivity contribution in [3.8, 4) is 0 Å². The number of carbonyl (C=O) groups is 1. The fraction of sp³-hybridized carbons (Fsp3) is 0.333. The molecular formula is C15H19N5O. The number of nitrogens with one attached hydrogen (secondary N) is 1. The first-order valence-corrected chi connectivity index (χ1v) is 7.05. The van der Waals surface area contributed by atoms with E-state index in [1.807, 2.05) is 17.0 Å². The van der Waals surface area contributed by atoms with Gasteiger partial charge >= 0.3 is 0 Å². The molecule has 3 rings (SSSR count). The zero-order valence-electron chi connectivity index (χ0n) is 12.0. The molecule has 0 atom stereocenters. The number of rotatable bonds is 2. The summed E-state index contributed by atoms with van der Waals surface area (Å²) in [6.07, 6.45) is 1.60. The molecule has 2 heterocycles. The molecule has 0 spiro atoms. The number of hydrogen-bond donors (Lipinski definition) is 2. The molecule has 2 aromatic rings. The molecule has 1 amide bonds. The Hall–Kier alpha value is -2.50. The minimum atomic E-state index is 0.0150. The van der Waals surface area contributed by atoms with Gasteiger partial charge in [0.2, 0.25) is 0 Å². The molecule has 1 aromatic carbocycles.